The first kappa shape index (κ1) is 14.5. The molecule has 1 N–H and O–H groups in total. The number of hydrogen-bond donors (Lipinski definition) is 1. The van der Waals surface area contributed by atoms with Gasteiger partial charge in [-0.05, 0) is 31.9 Å². The maximum atomic E-state index is 10.3. The van der Waals surface area contributed by atoms with Gasteiger partial charge in [-0.1, -0.05) is 56.0 Å². The monoisotopic (exact) mass is 261 g/mol. The predicted molar refractivity (Wildman–Crippen MR) is 80.3 cm³/mol. The normalized spacial score (nSPS) is 25.0. The zero-order valence-electron chi connectivity index (χ0n) is 12.1. The van der Waals surface area contributed by atoms with Gasteiger partial charge in [-0.25, -0.2) is 0 Å². The molecule has 0 amide bonds. The molecule has 1 aliphatic carbocycles. The van der Waals surface area contributed by atoms with Crippen LogP contribution >= 0.6 is 0 Å². The Balaban J connectivity index is 1.84. The van der Waals surface area contributed by atoms with E-state index in [9.17, 15) is 5.11 Å². The summed E-state index contributed by atoms with van der Waals surface area (Å²) in [6.45, 7) is 1.03. The Bertz CT molecular complexity index is 352. The highest BCUT2D eigenvalue weighted by atomic mass is 16.3. The lowest BCUT2D eigenvalue weighted by Gasteiger charge is -2.33. The van der Waals surface area contributed by atoms with Crippen LogP contribution in [0.3, 0.4) is 0 Å². The summed E-state index contributed by atoms with van der Waals surface area (Å²) in [6.07, 6.45) is 8.11. The van der Waals surface area contributed by atoms with Crippen LogP contribution < -0.4 is 0 Å². The Morgan fingerprint density at radius 2 is 1.74 bits per heavy atom. The smallest absolute Gasteiger partial charge is 0.0695 e. The van der Waals surface area contributed by atoms with Crippen molar-refractivity contribution in [2.24, 2.45) is 0 Å². The number of aliphatic hydroxyl groups excluding tert-OH is 1. The molecule has 106 valence electrons. The second kappa shape index (κ2) is 7.66. The van der Waals surface area contributed by atoms with E-state index in [4.69, 9.17) is 0 Å². The van der Waals surface area contributed by atoms with E-state index in [-0.39, 0.29) is 6.10 Å². The molecule has 1 saturated carbocycles. The number of benzene rings is 1. The molecule has 2 unspecified atom stereocenters. The summed E-state index contributed by atoms with van der Waals surface area (Å²) < 4.78 is 0. The van der Waals surface area contributed by atoms with Crippen molar-refractivity contribution in [3.05, 3.63) is 35.9 Å². The lowest BCUT2D eigenvalue weighted by atomic mass is 9.93. The molecular weight excluding hydrogens is 234 g/mol. The highest BCUT2D eigenvalue weighted by Crippen LogP contribution is 2.21. The molecule has 2 heteroatoms. The molecule has 0 saturated heterocycles. The van der Waals surface area contributed by atoms with Crippen molar-refractivity contribution in [2.45, 2.75) is 57.1 Å². The molecule has 0 aliphatic heterocycles. The molecule has 1 aliphatic rings. The minimum Gasteiger partial charge on any atom is -0.391 e. The second-order valence-electron chi connectivity index (χ2n) is 5.84. The Morgan fingerprint density at radius 1 is 1.05 bits per heavy atom. The molecule has 19 heavy (non-hydrogen) atoms. The van der Waals surface area contributed by atoms with Gasteiger partial charge in [-0.2, -0.15) is 0 Å². The molecule has 0 radical (unpaired) electrons. The number of rotatable bonds is 4. The number of likely N-dealkylation sites (N-methyl/N-ethyl adjacent to an activating group) is 1. The molecule has 0 aromatic heterocycles. The summed E-state index contributed by atoms with van der Waals surface area (Å²) >= 11 is 0. The van der Waals surface area contributed by atoms with E-state index in [1.54, 1.807) is 0 Å². The maximum Gasteiger partial charge on any atom is 0.0695 e. The Kier molecular flexibility index (Phi) is 5.87. The van der Waals surface area contributed by atoms with E-state index in [1.165, 1.54) is 31.2 Å². The van der Waals surface area contributed by atoms with E-state index in [0.29, 0.717) is 6.04 Å². The van der Waals surface area contributed by atoms with Crippen LogP contribution in [0, 0.1) is 0 Å². The topological polar surface area (TPSA) is 23.5 Å². The third-order valence-corrected chi connectivity index (χ3v) is 4.36. The fourth-order valence-electron chi connectivity index (χ4n) is 3.08. The van der Waals surface area contributed by atoms with Crippen molar-refractivity contribution < 1.29 is 5.11 Å². The zero-order chi connectivity index (χ0) is 13.5. The average Bonchev–Trinajstić information content (AvgIpc) is 2.42. The van der Waals surface area contributed by atoms with Gasteiger partial charge in [-0.3, -0.25) is 0 Å². The quantitative estimate of drug-likeness (QED) is 0.899. The van der Waals surface area contributed by atoms with Crippen molar-refractivity contribution in [1.29, 1.82) is 0 Å². The van der Waals surface area contributed by atoms with Crippen LogP contribution in [0.4, 0.5) is 0 Å². The van der Waals surface area contributed by atoms with E-state index < -0.39 is 0 Å². The van der Waals surface area contributed by atoms with E-state index in [2.05, 4.69) is 42.3 Å². The summed E-state index contributed by atoms with van der Waals surface area (Å²) in [5.41, 5.74) is 1.38. The standard InChI is InChI=1S/C17H27NO/c1-18(14-13-15-9-5-4-6-10-15)16-11-7-2-3-8-12-17(16)19/h4-6,9-10,16-17,19H,2-3,7-8,11-14H2,1H3. The summed E-state index contributed by atoms with van der Waals surface area (Å²) in [5, 5.41) is 10.3. The third kappa shape index (κ3) is 4.63. The third-order valence-electron chi connectivity index (χ3n) is 4.36. The van der Waals surface area contributed by atoms with Crippen molar-refractivity contribution in [2.75, 3.05) is 13.6 Å². The van der Waals surface area contributed by atoms with Gasteiger partial charge in [0, 0.05) is 12.6 Å². The fraction of sp³-hybridized carbons (Fsp3) is 0.647. The molecule has 1 fully saturated rings. The van der Waals surface area contributed by atoms with Gasteiger partial charge in [-0.15, -0.1) is 0 Å². The lowest BCUT2D eigenvalue weighted by Crippen LogP contribution is -2.42. The molecular formula is C17H27NO. The highest BCUT2D eigenvalue weighted by Gasteiger charge is 2.23. The van der Waals surface area contributed by atoms with E-state index in [1.807, 2.05) is 0 Å². The SMILES string of the molecule is CN(CCc1ccccc1)C1CCCCCCC1O. The van der Waals surface area contributed by atoms with Gasteiger partial charge >= 0.3 is 0 Å². The Hall–Kier alpha value is -0.860. The van der Waals surface area contributed by atoms with Crippen molar-refractivity contribution in [1.82, 2.24) is 4.90 Å². The average molecular weight is 261 g/mol. The molecule has 0 bridgehead atoms. The van der Waals surface area contributed by atoms with Crippen LogP contribution in [-0.4, -0.2) is 35.7 Å². The molecule has 0 spiro atoms. The largest absolute Gasteiger partial charge is 0.391 e. The van der Waals surface area contributed by atoms with Gasteiger partial charge in [0.1, 0.15) is 0 Å². The zero-order valence-corrected chi connectivity index (χ0v) is 12.1. The Morgan fingerprint density at radius 3 is 2.47 bits per heavy atom. The molecule has 0 heterocycles. The molecule has 2 nitrogen and oxygen atoms in total. The van der Waals surface area contributed by atoms with Crippen LogP contribution in [0.2, 0.25) is 0 Å². The van der Waals surface area contributed by atoms with Crippen LogP contribution in [0.1, 0.15) is 44.1 Å². The van der Waals surface area contributed by atoms with Crippen LogP contribution in [0.25, 0.3) is 0 Å². The van der Waals surface area contributed by atoms with Gasteiger partial charge in [0.05, 0.1) is 6.10 Å². The van der Waals surface area contributed by atoms with E-state index >= 15 is 0 Å². The first-order valence-corrected chi connectivity index (χ1v) is 7.69. The molecule has 2 rings (SSSR count). The van der Waals surface area contributed by atoms with Crippen molar-refractivity contribution in [3.8, 4) is 0 Å². The van der Waals surface area contributed by atoms with E-state index in [0.717, 1.165) is 25.8 Å². The minimum absolute atomic E-state index is 0.138. The van der Waals surface area contributed by atoms with Gasteiger partial charge < -0.3 is 10.0 Å². The van der Waals surface area contributed by atoms with Gasteiger partial charge in [0.2, 0.25) is 0 Å². The Labute approximate surface area is 117 Å². The van der Waals surface area contributed by atoms with Crippen LogP contribution in [0.15, 0.2) is 30.3 Å². The summed E-state index contributed by atoms with van der Waals surface area (Å²) in [5.74, 6) is 0. The summed E-state index contributed by atoms with van der Waals surface area (Å²) in [6, 6.07) is 11.0. The number of nitrogens with zero attached hydrogens (tertiary/aromatic N) is 1. The summed E-state index contributed by atoms with van der Waals surface area (Å²) in [4.78, 5) is 2.36. The minimum atomic E-state index is -0.138. The van der Waals surface area contributed by atoms with Gasteiger partial charge in [0.25, 0.3) is 0 Å². The molecule has 1 aromatic carbocycles. The summed E-state index contributed by atoms with van der Waals surface area (Å²) in [7, 11) is 2.17. The van der Waals surface area contributed by atoms with Gasteiger partial charge in [0.15, 0.2) is 0 Å². The second-order valence-corrected chi connectivity index (χ2v) is 5.84. The molecule has 1 aromatic rings. The van der Waals surface area contributed by atoms with Crippen LogP contribution in [0.5, 0.6) is 0 Å². The van der Waals surface area contributed by atoms with Crippen LogP contribution in [-0.2, 0) is 6.42 Å². The number of hydrogen-bond acceptors (Lipinski definition) is 2. The maximum absolute atomic E-state index is 10.3. The van der Waals surface area contributed by atoms with Crippen molar-refractivity contribution >= 4 is 0 Å². The van der Waals surface area contributed by atoms with Crippen molar-refractivity contribution in [3.63, 3.8) is 0 Å². The highest BCUT2D eigenvalue weighted by molar-refractivity contribution is 5.14. The first-order chi connectivity index (χ1) is 9.27. The fourth-order valence-corrected chi connectivity index (χ4v) is 3.08. The first-order valence-electron chi connectivity index (χ1n) is 7.69. The lowest BCUT2D eigenvalue weighted by molar-refractivity contribution is 0.0447. The molecule has 2 atom stereocenters. The number of aliphatic hydroxyl groups is 1. The predicted octanol–water partition coefficient (Wildman–Crippen LogP) is 3.24.